The highest BCUT2D eigenvalue weighted by molar-refractivity contribution is 5.78. The van der Waals surface area contributed by atoms with Crippen molar-refractivity contribution in [3.8, 4) is 0 Å². The van der Waals surface area contributed by atoms with Crippen LogP contribution in [0.5, 0.6) is 0 Å². The van der Waals surface area contributed by atoms with Crippen molar-refractivity contribution in [2.24, 2.45) is 5.41 Å². The van der Waals surface area contributed by atoms with Gasteiger partial charge in [0, 0.05) is 0 Å². The van der Waals surface area contributed by atoms with Crippen LogP contribution in [-0.2, 0) is 23.8 Å². The lowest BCUT2D eigenvalue weighted by Gasteiger charge is -2.24. The minimum absolute atomic E-state index is 0.224. The summed E-state index contributed by atoms with van der Waals surface area (Å²) in [6, 6.07) is 0. The number of fused-ring (bicyclic) bond motifs is 1. The Labute approximate surface area is 119 Å². The van der Waals surface area contributed by atoms with Crippen LogP contribution >= 0.6 is 0 Å². The van der Waals surface area contributed by atoms with Crippen LogP contribution in [0.1, 0.15) is 32.6 Å². The number of rotatable bonds is 4. The van der Waals surface area contributed by atoms with Crippen molar-refractivity contribution in [3.05, 3.63) is 0 Å². The summed E-state index contributed by atoms with van der Waals surface area (Å²) in [4.78, 5) is 22.8. The van der Waals surface area contributed by atoms with E-state index < -0.39 is 30.3 Å². The SMILES string of the molecule is CCOC(=O)[C@@]12CCC[C@@H]1O[C@H](COC(=O)C(F)(F)F)C2. The predicted molar refractivity (Wildman–Crippen MR) is 63.2 cm³/mol. The molecular weight excluding hydrogens is 293 g/mol. The average molecular weight is 310 g/mol. The van der Waals surface area contributed by atoms with Crippen molar-refractivity contribution in [1.82, 2.24) is 0 Å². The third-order valence-corrected chi connectivity index (χ3v) is 3.97. The lowest BCUT2D eigenvalue weighted by molar-refractivity contribution is -0.202. The Morgan fingerprint density at radius 2 is 2.05 bits per heavy atom. The number of halogens is 3. The van der Waals surface area contributed by atoms with Crippen LogP contribution in [0.4, 0.5) is 13.2 Å². The molecule has 0 bridgehead atoms. The van der Waals surface area contributed by atoms with Gasteiger partial charge in [-0.1, -0.05) is 0 Å². The van der Waals surface area contributed by atoms with Crippen molar-refractivity contribution in [3.63, 3.8) is 0 Å². The first-order valence-electron chi connectivity index (χ1n) is 6.86. The quantitative estimate of drug-likeness (QED) is 0.743. The van der Waals surface area contributed by atoms with E-state index in [0.29, 0.717) is 12.8 Å². The van der Waals surface area contributed by atoms with E-state index in [2.05, 4.69) is 4.74 Å². The molecule has 1 heterocycles. The van der Waals surface area contributed by atoms with E-state index in [1.165, 1.54) is 0 Å². The van der Waals surface area contributed by atoms with E-state index >= 15 is 0 Å². The maximum Gasteiger partial charge on any atom is 0.490 e. The van der Waals surface area contributed by atoms with Crippen molar-refractivity contribution in [2.45, 2.75) is 51.0 Å². The van der Waals surface area contributed by atoms with Crippen LogP contribution in [0.25, 0.3) is 0 Å². The first kappa shape index (κ1) is 16.1. The summed E-state index contributed by atoms with van der Waals surface area (Å²) in [6.07, 6.45) is -3.83. The Hall–Kier alpha value is -1.31. The van der Waals surface area contributed by atoms with Crippen LogP contribution in [0.2, 0.25) is 0 Å². The monoisotopic (exact) mass is 310 g/mol. The summed E-state index contributed by atoms with van der Waals surface area (Å²) in [6.45, 7) is 1.42. The maximum absolute atomic E-state index is 12.1. The molecule has 0 aromatic carbocycles. The van der Waals surface area contributed by atoms with Crippen LogP contribution in [0.15, 0.2) is 0 Å². The molecule has 2 rings (SSSR count). The van der Waals surface area contributed by atoms with Crippen LogP contribution in [0, 0.1) is 5.41 Å². The number of hydrogen-bond donors (Lipinski definition) is 0. The fraction of sp³-hybridized carbons (Fsp3) is 0.846. The van der Waals surface area contributed by atoms with Gasteiger partial charge in [0.25, 0.3) is 0 Å². The highest BCUT2D eigenvalue weighted by Crippen LogP contribution is 2.50. The number of esters is 2. The van der Waals surface area contributed by atoms with Gasteiger partial charge in [-0.05, 0) is 32.6 Å². The molecule has 0 amide bonds. The first-order valence-corrected chi connectivity index (χ1v) is 6.86. The Kier molecular flexibility index (Phi) is 4.46. The molecule has 120 valence electrons. The largest absolute Gasteiger partial charge is 0.490 e. The second-order valence-corrected chi connectivity index (χ2v) is 5.32. The van der Waals surface area contributed by atoms with Crippen LogP contribution in [-0.4, -0.2) is 43.5 Å². The van der Waals surface area contributed by atoms with Crippen LogP contribution in [0.3, 0.4) is 0 Å². The minimum atomic E-state index is -5.02. The molecule has 1 aliphatic heterocycles. The molecule has 0 radical (unpaired) electrons. The number of carbonyl (C=O) groups is 2. The van der Waals surface area contributed by atoms with E-state index in [1.807, 2.05) is 0 Å². The molecule has 1 aliphatic carbocycles. The van der Waals surface area contributed by atoms with E-state index in [0.717, 1.165) is 6.42 Å². The fourth-order valence-electron chi connectivity index (χ4n) is 3.10. The molecule has 0 N–H and O–H groups in total. The minimum Gasteiger partial charge on any atom is -0.465 e. The lowest BCUT2D eigenvalue weighted by Crippen LogP contribution is -2.36. The van der Waals surface area contributed by atoms with E-state index in [-0.39, 0.29) is 25.1 Å². The molecular formula is C13H17F3O5. The van der Waals surface area contributed by atoms with Gasteiger partial charge >= 0.3 is 18.1 Å². The molecule has 3 atom stereocenters. The molecule has 8 heteroatoms. The van der Waals surface area contributed by atoms with Crippen molar-refractivity contribution >= 4 is 11.9 Å². The second-order valence-electron chi connectivity index (χ2n) is 5.32. The zero-order valence-corrected chi connectivity index (χ0v) is 11.6. The van der Waals surface area contributed by atoms with Crippen molar-refractivity contribution in [1.29, 1.82) is 0 Å². The summed E-state index contributed by atoms with van der Waals surface area (Å²) in [5, 5.41) is 0. The second kappa shape index (κ2) is 5.82. The summed E-state index contributed by atoms with van der Waals surface area (Å²) < 4.78 is 51.0. The summed E-state index contributed by atoms with van der Waals surface area (Å²) in [7, 11) is 0. The Bertz CT molecular complexity index is 423. The molecule has 2 aliphatic rings. The van der Waals surface area contributed by atoms with Gasteiger partial charge in [-0.25, -0.2) is 4.79 Å². The molecule has 0 aromatic rings. The summed E-state index contributed by atoms with van der Waals surface area (Å²) in [5.74, 6) is -2.62. The van der Waals surface area contributed by atoms with Gasteiger partial charge in [0.2, 0.25) is 0 Å². The Morgan fingerprint density at radius 1 is 1.33 bits per heavy atom. The van der Waals surface area contributed by atoms with Gasteiger partial charge in [0.15, 0.2) is 0 Å². The zero-order valence-electron chi connectivity index (χ0n) is 11.6. The molecule has 21 heavy (non-hydrogen) atoms. The third-order valence-electron chi connectivity index (χ3n) is 3.97. The van der Waals surface area contributed by atoms with Gasteiger partial charge in [-0.3, -0.25) is 4.79 Å². The number of hydrogen-bond acceptors (Lipinski definition) is 5. The number of ether oxygens (including phenoxy) is 3. The zero-order chi connectivity index (χ0) is 15.7. The van der Waals surface area contributed by atoms with Gasteiger partial charge in [0.05, 0.1) is 24.2 Å². The van der Waals surface area contributed by atoms with E-state index in [9.17, 15) is 22.8 Å². The van der Waals surface area contributed by atoms with Gasteiger partial charge in [0.1, 0.15) is 6.61 Å². The third kappa shape index (κ3) is 3.14. The highest BCUT2D eigenvalue weighted by Gasteiger charge is 2.57. The summed E-state index contributed by atoms with van der Waals surface area (Å²) in [5.41, 5.74) is -0.800. The van der Waals surface area contributed by atoms with Crippen LogP contribution < -0.4 is 0 Å². The molecule has 0 aromatic heterocycles. The highest BCUT2D eigenvalue weighted by atomic mass is 19.4. The topological polar surface area (TPSA) is 61.8 Å². The Morgan fingerprint density at radius 3 is 2.67 bits per heavy atom. The van der Waals surface area contributed by atoms with Gasteiger partial charge in [-0.2, -0.15) is 13.2 Å². The molecule has 2 fully saturated rings. The van der Waals surface area contributed by atoms with Gasteiger partial charge < -0.3 is 14.2 Å². The summed E-state index contributed by atoms with van der Waals surface area (Å²) >= 11 is 0. The fourth-order valence-corrected chi connectivity index (χ4v) is 3.10. The van der Waals surface area contributed by atoms with E-state index in [4.69, 9.17) is 9.47 Å². The number of carbonyl (C=O) groups excluding carboxylic acids is 2. The first-order chi connectivity index (χ1) is 9.79. The van der Waals surface area contributed by atoms with E-state index in [1.54, 1.807) is 6.92 Å². The van der Waals surface area contributed by atoms with Crippen molar-refractivity contribution in [2.75, 3.05) is 13.2 Å². The molecule has 1 saturated heterocycles. The lowest BCUT2D eigenvalue weighted by atomic mass is 9.81. The predicted octanol–water partition coefficient (Wildman–Crippen LogP) is 1.98. The maximum atomic E-state index is 12.1. The number of alkyl halides is 3. The van der Waals surface area contributed by atoms with Crippen molar-refractivity contribution < 1.29 is 37.0 Å². The van der Waals surface area contributed by atoms with Gasteiger partial charge in [-0.15, -0.1) is 0 Å². The standard InChI is InChI=1S/C13H17F3O5/c1-2-19-10(17)12-5-3-4-9(12)21-8(6-12)7-20-11(18)13(14,15)16/h8-9H,2-7H2,1H3/t8-,9-,12+/m0/s1. The molecule has 0 unspecified atom stereocenters. The molecule has 1 saturated carbocycles. The molecule has 5 nitrogen and oxygen atoms in total. The smallest absolute Gasteiger partial charge is 0.465 e. The average Bonchev–Trinajstić information content (AvgIpc) is 2.92. The normalized spacial score (nSPS) is 31.8. The Balaban J connectivity index is 1.95. The molecule has 0 spiro atoms.